The van der Waals surface area contributed by atoms with Crippen molar-refractivity contribution >= 4 is 23.2 Å². The number of carbonyl (C=O) groups excluding carboxylic acids is 1. The zero-order valence-corrected chi connectivity index (χ0v) is 16.6. The number of hydrogen-bond acceptors (Lipinski definition) is 4. The Labute approximate surface area is 169 Å². The molecule has 1 saturated heterocycles. The molecule has 2 aliphatic rings. The van der Waals surface area contributed by atoms with E-state index in [0.717, 1.165) is 0 Å². The van der Waals surface area contributed by atoms with Gasteiger partial charge >= 0.3 is 0 Å². The highest BCUT2D eigenvalue weighted by Crippen LogP contribution is 2.28. The Morgan fingerprint density at radius 1 is 1.07 bits per heavy atom. The lowest BCUT2D eigenvalue weighted by Gasteiger charge is -2.36. The summed E-state index contributed by atoms with van der Waals surface area (Å²) >= 11 is 6.40. The first-order valence-corrected chi connectivity index (χ1v) is 10.4. The van der Waals surface area contributed by atoms with Gasteiger partial charge in [0.1, 0.15) is 5.02 Å². The van der Waals surface area contributed by atoms with E-state index in [9.17, 15) is 9.59 Å². The fourth-order valence-corrected chi connectivity index (χ4v) is 4.43. The average Bonchev–Trinajstić information content (AvgIpc) is 3.24. The normalized spacial score (nSPS) is 17.9. The van der Waals surface area contributed by atoms with Gasteiger partial charge < -0.3 is 9.80 Å². The number of amides is 1. The molecule has 2 fully saturated rings. The predicted molar refractivity (Wildman–Crippen MR) is 110 cm³/mol. The van der Waals surface area contributed by atoms with Crippen LogP contribution in [0, 0.1) is 5.92 Å². The van der Waals surface area contributed by atoms with Gasteiger partial charge in [-0.2, -0.15) is 9.78 Å². The molecule has 2 heterocycles. The van der Waals surface area contributed by atoms with Crippen LogP contribution in [0.1, 0.15) is 32.1 Å². The van der Waals surface area contributed by atoms with Crippen LogP contribution in [-0.4, -0.2) is 46.8 Å². The van der Waals surface area contributed by atoms with Crippen LogP contribution in [0.2, 0.25) is 5.02 Å². The molecule has 1 aromatic heterocycles. The quantitative estimate of drug-likeness (QED) is 0.791. The van der Waals surface area contributed by atoms with Gasteiger partial charge in [0.25, 0.3) is 5.56 Å². The van der Waals surface area contributed by atoms with Crippen LogP contribution >= 0.6 is 11.6 Å². The third-order valence-electron chi connectivity index (χ3n) is 5.81. The summed E-state index contributed by atoms with van der Waals surface area (Å²) in [5.41, 5.74) is 0.995. The molecule has 4 rings (SSSR count). The molecule has 0 bridgehead atoms. The molecule has 0 radical (unpaired) electrons. The van der Waals surface area contributed by atoms with Crippen molar-refractivity contribution in [2.75, 3.05) is 31.1 Å². The highest BCUT2D eigenvalue weighted by molar-refractivity contribution is 6.33. The Kier molecular flexibility index (Phi) is 5.67. The first kappa shape index (κ1) is 19.0. The van der Waals surface area contributed by atoms with Gasteiger partial charge in [-0.25, -0.2) is 0 Å². The minimum absolute atomic E-state index is 0.171. The molecule has 1 aliphatic carbocycles. The number of benzene rings is 1. The van der Waals surface area contributed by atoms with Gasteiger partial charge in [-0.05, 0) is 30.9 Å². The van der Waals surface area contributed by atoms with E-state index < -0.39 is 0 Å². The minimum Gasteiger partial charge on any atom is -0.365 e. The van der Waals surface area contributed by atoms with Gasteiger partial charge in [-0.3, -0.25) is 9.59 Å². The van der Waals surface area contributed by atoms with E-state index in [1.807, 2.05) is 40.1 Å². The summed E-state index contributed by atoms with van der Waals surface area (Å²) in [5, 5.41) is 4.48. The summed E-state index contributed by atoms with van der Waals surface area (Å²) in [6.07, 6.45) is 7.20. The van der Waals surface area contributed by atoms with Crippen molar-refractivity contribution in [3.05, 3.63) is 51.9 Å². The Morgan fingerprint density at radius 2 is 1.75 bits per heavy atom. The molecule has 28 heavy (non-hydrogen) atoms. The van der Waals surface area contributed by atoms with Gasteiger partial charge in [0.15, 0.2) is 0 Å². The van der Waals surface area contributed by atoms with E-state index in [-0.39, 0.29) is 16.5 Å². The zero-order valence-electron chi connectivity index (χ0n) is 15.9. The molecule has 1 saturated carbocycles. The van der Waals surface area contributed by atoms with E-state index in [2.05, 4.69) is 5.10 Å². The van der Waals surface area contributed by atoms with Crippen LogP contribution in [0.25, 0.3) is 5.69 Å². The van der Waals surface area contributed by atoms with Crippen molar-refractivity contribution in [3.8, 4) is 5.69 Å². The van der Waals surface area contributed by atoms with Gasteiger partial charge in [0, 0.05) is 32.6 Å². The van der Waals surface area contributed by atoms with E-state index >= 15 is 0 Å². The van der Waals surface area contributed by atoms with Crippen molar-refractivity contribution in [1.29, 1.82) is 0 Å². The molecule has 0 N–H and O–H groups in total. The predicted octanol–water partition coefficient (Wildman–Crippen LogP) is 3.11. The smallest absolute Gasteiger partial charge is 0.292 e. The van der Waals surface area contributed by atoms with E-state index in [1.165, 1.54) is 30.4 Å². The molecule has 1 aromatic carbocycles. The van der Waals surface area contributed by atoms with E-state index in [1.54, 1.807) is 6.20 Å². The number of hydrogen-bond donors (Lipinski definition) is 0. The first-order chi connectivity index (χ1) is 13.6. The maximum absolute atomic E-state index is 12.7. The van der Waals surface area contributed by atoms with Crippen LogP contribution in [0.15, 0.2) is 41.3 Å². The molecule has 148 valence electrons. The Morgan fingerprint density at radius 3 is 2.43 bits per heavy atom. The third-order valence-corrected chi connectivity index (χ3v) is 6.17. The van der Waals surface area contributed by atoms with E-state index in [0.29, 0.717) is 49.9 Å². The molecule has 7 heteroatoms. The second-order valence-corrected chi connectivity index (χ2v) is 8.00. The molecule has 0 atom stereocenters. The van der Waals surface area contributed by atoms with Crippen LogP contribution in [0.5, 0.6) is 0 Å². The van der Waals surface area contributed by atoms with Gasteiger partial charge in [-0.15, -0.1) is 0 Å². The lowest BCUT2D eigenvalue weighted by molar-refractivity contribution is -0.132. The average molecular weight is 401 g/mol. The number of aromatic nitrogens is 2. The SMILES string of the molecule is O=C(CC1CCCC1)N1CCN(c2cnn(-c3ccccc3)c(=O)c2Cl)CC1. The summed E-state index contributed by atoms with van der Waals surface area (Å²) in [5.74, 6) is 0.824. The summed E-state index contributed by atoms with van der Waals surface area (Å²) in [6.45, 7) is 2.63. The molecule has 1 aliphatic heterocycles. The van der Waals surface area contributed by atoms with Crippen molar-refractivity contribution in [1.82, 2.24) is 14.7 Å². The highest BCUT2D eigenvalue weighted by atomic mass is 35.5. The zero-order chi connectivity index (χ0) is 19.5. The number of halogens is 1. The molecule has 2 aromatic rings. The largest absolute Gasteiger partial charge is 0.365 e. The standard InChI is InChI=1S/C21H25ClN4O2/c22-20-18(15-23-26(21(20)28)17-8-2-1-3-9-17)24-10-12-25(13-11-24)19(27)14-16-6-4-5-7-16/h1-3,8-9,15-16H,4-7,10-14H2. The van der Waals surface area contributed by atoms with Crippen LogP contribution in [0.3, 0.4) is 0 Å². The molecular weight excluding hydrogens is 376 g/mol. The number of nitrogens with zero attached hydrogens (tertiary/aromatic N) is 4. The summed E-state index contributed by atoms with van der Waals surface area (Å²) < 4.78 is 1.31. The van der Waals surface area contributed by atoms with Crippen LogP contribution in [-0.2, 0) is 4.79 Å². The van der Waals surface area contributed by atoms with Gasteiger partial charge in [-0.1, -0.05) is 42.6 Å². The Hall–Kier alpha value is -2.34. The monoisotopic (exact) mass is 400 g/mol. The maximum atomic E-state index is 12.7. The Bertz CT molecular complexity index is 885. The number of para-hydroxylation sites is 1. The van der Waals surface area contributed by atoms with Gasteiger partial charge in [0.2, 0.25) is 5.91 Å². The van der Waals surface area contributed by atoms with Crippen LogP contribution < -0.4 is 10.5 Å². The minimum atomic E-state index is -0.329. The van der Waals surface area contributed by atoms with Gasteiger partial charge in [0.05, 0.1) is 17.6 Å². The van der Waals surface area contributed by atoms with Crippen molar-refractivity contribution in [2.45, 2.75) is 32.1 Å². The lowest BCUT2D eigenvalue weighted by Crippen LogP contribution is -2.49. The van der Waals surface area contributed by atoms with Crippen molar-refractivity contribution in [3.63, 3.8) is 0 Å². The maximum Gasteiger partial charge on any atom is 0.292 e. The highest BCUT2D eigenvalue weighted by Gasteiger charge is 2.26. The Balaban J connectivity index is 1.42. The molecule has 0 spiro atoms. The summed E-state index contributed by atoms with van der Waals surface area (Å²) in [6, 6.07) is 9.23. The van der Waals surface area contributed by atoms with Crippen molar-refractivity contribution in [2.24, 2.45) is 5.92 Å². The van der Waals surface area contributed by atoms with E-state index in [4.69, 9.17) is 11.6 Å². The summed E-state index contributed by atoms with van der Waals surface area (Å²) in [7, 11) is 0. The molecule has 0 unspecified atom stereocenters. The second-order valence-electron chi connectivity index (χ2n) is 7.62. The van der Waals surface area contributed by atoms with Crippen molar-refractivity contribution < 1.29 is 4.79 Å². The molecular formula is C21H25ClN4O2. The second kappa shape index (κ2) is 8.35. The lowest BCUT2D eigenvalue weighted by atomic mass is 10.0. The fourth-order valence-electron chi connectivity index (χ4n) is 4.18. The first-order valence-electron chi connectivity index (χ1n) is 9.99. The number of piperazine rings is 1. The number of carbonyl (C=O) groups is 1. The third kappa shape index (κ3) is 3.92. The fraction of sp³-hybridized carbons (Fsp3) is 0.476. The topological polar surface area (TPSA) is 58.4 Å². The molecule has 1 amide bonds. The number of rotatable bonds is 4. The number of anilines is 1. The molecule has 6 nitrogen and oxygen atoms in total. The summed E-state index contributed by atoms with van der Waals surface area (Å²) in [4.78, 5) is 29.2. The van der Waals surface area contributed by atoms with Crippen LogP contribution in [0.4, 0.5) is 5.69 Å².